The van der Waals surface area contributed by atoms with Crippen molar-refractivity contribution in [3.05, 3.63) is 61.7 Å². The molecule has 10 heteroatoms. The summed E-state index contributed by atoms with van der Waals surface area (Å²) in [5, 5.41) is 13.3. The number of nitrogens with one attached hydrogen (secondary N) is 1. The molecule has 4 heterocycles. The third kappa shape index (κ3) is 3.35. The number of aromatic nitrogens is 4. The quantitative estimate of drug-likeness (QED) is 0.672. The molecule has 0 aromatic carbocycles. The van der Waals surface area contributed by atoms with Gasteiger partial charge < -0.3 is 10.1 Å². The highest BCUT2D eigenvalue weighted by Gasteiger charge is 2.33. The minimum atomic E-state index is -0.384. The minimum absolute atomic E-state index is 0.197. The molecule has 1 N–H and O–H groups in total. The topological polar surface area (TPSA) is 91.0 Å². The molecule has 134 valence electrons. The van der Waals surface area contributed by atoms with Crippen molar-refractivity contribution in [1.29, 1.82) is 0 Å². The first kappa shape index (κ1) is 17.1. The molecule has 1 saturated heterocycles. The summed E-state index contributed by atoms with van der Waals surface area (Å²) in [7, 11) is 0. The van der Waals surface area contributed by atoms with Crippen LogP contribution in [0.5, 0.6) is 0 Å². The summed E-state index contributed by atoms with van der Waals surface area (Å²) in [6.45, 7) is 0.623. The van der Waals surface area contributed by atoms with E-state index in [-0.39, 0.29) is 23.6 Å². The van der Waals surface area contributed by atoms with E-state index in [1.165, 1.54) is 22.1 Å². The van der Waals surface area contributed by atoms with Crippen molar-refractivity contribution >= 4 is 33.2 Å². The molecule has 8 nitrogen and oxygen atoms in total. The van der Waals surface area contributed by atoms with Gasteiger partial charge in [0.1, 0.15) is 6.04 Å². The lowest BCUT2D eigenvalue weighted by Crippen LogP contribution is -2.44. The molecule has 1 fully saturated rings. The van der Waals surface area contributed by atoms with E-state index in [0.29, 0.717) is 23.9 Å². The van der Waals surface area contributed by atoms with Crippen LogP contribution in [0.4, 0.5) is 0 Å². The molecule has 3 aromatic heterocycles. The molecule has 0 aliphatic carbocycles. The fraction of sp³-hybridized carbons (Fsp3) is 0.250. The molecule has 2 atom stereocenters. The molecule has 1 aliphatic rings. The Hall–Kier alpha value is -2.30. The standard InChI is InChI=1S/C16H14BrN5O3S/c17-10-6-13(26-9-10)16(24)19-11-7-25-8-12(11)22-15(23)3-2-14(20-22)21-5-1-4-18-21/h1-6,9,11-12H,7-8H2,(H,19,24). The third-order valence-corrected chi connectivity index (χ3v) is 5.71. The number of hydrogen-bond acceptors (Lipinski definition) is 6. The zero-order valence-electron chi connectivity index (χ0n) is 13.4. The van der Waals surface area contributed by atoms with Crippen LogP contribution in [0.2, 0.25) is 0 Å². The second kappa shape index (κ2) is 7.14. The van der Waals surface area contributed by atoms with Gasteiger partial charge in [0.05, 0.1) is 24.1 Å². The van der Waals surface area contributed by atoms with Crippen molar-refractivity contribution in [2.24, 2.45) is 0 Å². The Morgan fingerprint density at radius 1 is 1.38 bits per heavy atom. The van der Waals surface area contributed by atoms with Crippen molar-refractivity contribution in [2.75, 3.05) is 13.2 Å². The van der Waals surface area contributed by atoms with Crippen LogP contribution in [-0.4, -0.2) is 44.7 Å². The molecule has 1 aliphatic heterocycles. The first-order valence-electron chi connectivity index (χ1n) is 7.84. The van der Waals surface area contributed by atoms with Gasteiger partial charge in [0.15, 0.2) is 5.82 Å². The van der Waals surface area contributed by atoms with Gasteiger partial charge in [-0.3, -0.25) is 9.59 Å². The molecule has 0 spiro atoms. The molecule has 26 heavy (non-hydrogen) atoms. The van der Waals surface area contributed by atoms with E-state index in [0.717, 1.165) is 4.47 Å². The maximum absolute atomic E-state index is 12.4. The van der Waals surface area contributed by atoms with Crippen molar-refractivity contribution in [3.8, 4) is 5.82 Å². The van der Waals surface area contributed by atoms with Gasteiger partial charge >= 0.3 is 0 Å². The van der Waals surface area contributed by atoms with Gasteiger partial charge in [-0.05, 0) is 34.1 Å². The lowest BCUT2D eigenvalue weighted by atomic mass is 10.1. The molecule has 0 bridgehead atoms. The van der Waals surface area contributed by atoms with Crippen LogP contribution in [0.25, 0.3) is 5.82 Å². The lowest BCUT2D eigenvalue weighted by Gasteiger charge is -2.20. The van der Waals surface area contributed by atoms with Gasteiger partial charge in [-0.2, -0.15) is 5.10 Å². The Kier molecular flexibility index (Phi) is 4.70. The van der Waals surface area contributed by atoms with Crippen molar-refractivity contribution in [1.82, 2.24) is 24.9 Å². The molecular weight excluding hydrogens is 422 g/mol. The van der Waals surface area contributed by atoms with Crippen LogP contribution >= 0.6 is 27.3 Å². The summed E-state index contributed by atoms with van der Waals surface area (Å²) in [6, 6.07) is 5.86. The van der Waals surface area contributed by atoms with E-state index < -0.39 is 0 Å². The van der Waals surface area contributed by atoms with Gasteiger partial charge in [0.25, 0.3) is 11.5 Å². The SMILES string of the molecule is O=C(NC1COCC1n1nc(-n2cccn2)ccc1=O)c1cc(Br)cs1. The number of thiophene rings is 1. The second-order valence-corrected chi connectivity index (χ2v) is 7.57. The summed E-state index contributed by atoms with van der Waals surface area (Å²) in [5.41, 5.74) is -0.255. The predicted molar refractivity (Wildman–Crippen MR) is 98.7 cm³/mol. The second-order valence-electron chi connectivity index (χ2n) is 5.74. The Labute approximate surface area is 160 Å². The molecular formula is C16H14BrN5O3S. The Balaban J connectivity index is 1.59. The lowest BCUT2D eigenvalue weighted by molar-refractivity contribution is 0.0928. The molecule has 4 rings (SSSR count). The normalized spacial score (nSPS) is 19.6. The monoisotopic (exact) mass is 435 g/mol. The first-order chi connectivity index (χ1) is 12.6. The van der Waals surface area contributed by atoms with Crippen LogP contribution in [0.3, 0.4) is 0 Å². The average molecular weight is 436 g/mol. The van der Waals surface area contributed by atoms with E-state index in [2.05, 4.69) is 31.4 Å². The minimum Gasteiger partial charge on any atom is -0.377 e. The van der Waals surface area contributed by atoms with Gasteiger partial charge in [-0.25, -0.2) is 9.36 Å². The highest BCUT2D eigenvalue weighted by molar-refractivity contribution is 9.10. The summed E-state index contributed by atoms with van der Waals surface area (Å²) in [6.07, 6.45) is 3.38. The van der Waals surface area contributed by atoms with E-state index in [1.807, 2.05) is 5.38 Å². The van der Waals surface area contributed by atoms with Gasteiger partial charge in [-0.15, -0.1) is 16.4 Å². The van der Waals surface area contributed by atoms with Crippen molar-refractivity contribution < 1.29 is 9.53 Å². The Bertz CT molecular complexity index is 984. The zero-order valence-corrected chi connectivity index (χ0v) is 15.8. The van der Waals surface area contributed by atoms with E-state index in [4.69, 9.17) is 4.74 Å². The number of carbonyl (C=O) groups is 1. The maximum atomic E-state index is 12.4. The predicted octanol–water partition coefficient (Wildman–Crippen LogP) is 1.62. The Morgan fingerprint density at radius 2 is 2.27 bits per heavy atom. The first-order valence-corrected chi connectivity index (χ1v) is 9.51. The van der Waals surface area contributed by atoms with Crippen molar-refractivity contribution in [2.45, 2.75) is 12.1 Å². The van der Waals surface area contributed by atoms with Gasteiger partial charge in [0, 0.05) is 28.3 Å². The summed E-state index contributed by atoms with van der Waals surface area (Å²) in [4.78, 5) is 25.4. The number of nitrogens with zero attached hydrogens (tertiary/aromatic N) is 4. The summed E-state index contributed by atoms with van der Waals surface area (Å²) >= 11 is 4.69. The van der Waals surface area contributed by atoms with Crippen LogP contribution < -0.4 is 10.9 Å². The highest BCUT2D eigenvalue weighted by Crippen LogP contribution is 2.22. The number of ether oxygens (including phenoxy) is 1. The highest BCUT2D eigenvalue weighted by atomic mass is 79.9. The largest absolute Gasteiger partial charge is 0.377 e. The number of amides is 1. The molecule has 1 amide bonds. The van der Waals surface area contributed by atoms with Crippen molar-refractivity contribution in [3.63, 3.8) is 0 Å². The summed E-state index contributed by atoms with van der Waals surface area (Å²) < 4.78 is 9.30. The fourth-order valence-corrected chi connectivity index (χ4v) is 4.10. The molecule has 0 radical (unpaired) electrons. The number of carbonyl (C=O) groups excluding carboxylic acids is 1. The smallest absolute Gasteiger partial charge is 0.267 e. The van der Waals surface area contributed by atoms with E-state index in [9.17, 15) is 9.59 Å². The van der Waals surface area contributed by atoms with Gasteiger partial charge in [0.2, 0.25) is 0 Å². The van der Waals surface area contributed by atoms with Crippen LogP contribution in [0.15, 0.2) is 51.3 Å². The van der Waals surface area contributed by atoms with Crippen LogP contribution in [-0.2, 0) is 4.74 Å². The fourth-order valence-electron chi connectivity index (χ4n) is 2.77. The molecule has 3 aromatic rings. The third-order valence-electron chi connectivity index (χ3n) is 4.02. The summed E-state index contributed by atoms with van der Waals surface area (Å²) in [5.74, 6) is 0.325. The van der Waals surface area contributed by atoms with Gasteiger partial charge in [-0.1, -0.05) is 0 Å². The van der Waals surface area contributed by atoms with E-state index in [1.54, 1.807) is 35.3 Å². The zero-order chi connectivity index (χ0) is 18.1. The van der Waals surface area contributed by atoms with Crippen LogP contribution in [0, 0.1) is 0 Å². The number of hydrogen-bond donors (Lipinski definition) is 1. The number of rotatable bonds is 4. The molecule has 0 saturated carbocycles. The van der Waals surface area contributed by atoms with Crippen LogP contribution in [0.1, 0.15) is 15.7 Å². The average Bonchev–Trinajstić information content (AvgIpc) is 3.37. The number of halogens is 1. The van der Waals surface area contributed by atoms with E-state index >= 15 is 0 Å². The Morgan fingerprint density at radius 3 is 3.00 bits per heavy atom. The molecule has 2 unspecified atom stereocenters. The maximum Gasteiger partial charge on any atom is 0.267 e.